The Hall–Kier alpha value is -2.25. The number of hydrogen-bond acceptors (Lipinski definition) is 4. The van der Waals surface area contributed by atoms with Gasteiger partial charge in [0.25, 0.3) is 5.91 Å². The molecular weight excluding hydrogens is 382 g/mol. The van der Waals surface area contributed by atoms with Crippen LogP contribution < -0.4 is 5.43 Å². The summed E-state index contributed by atoms with van der Waals surface area (Å²) < 4.78 is 2.13. The lowest BCUT2D eigenvalue weighted by Crippen LogP contribution is -2.19. The molecule has 3 aromatic rings. The summed E-state index contributed by atoms with van der Waals surface area (Å²) in [5.41, 5.74) is 4.09. The molecule has 3 rings (SSSR count). The van der Waals surface area contributed by atoms with Crippen LogP contribution in [-0.2, 0) is 7.05 Å². The van der Waals surface area contributed by atoms with Crippen molar-refractivity contribution in [2.24, 2.45) is 12.1 Å². The lowest BCUT2D eigenvalue weighted by molar-refractivity contribution is 0.0948. The average molecular weight is 393 g/mol. The van der Waals surface area contributed by atoms with E-state index in [0.717, 1.165) is 10.9 Å². The number of hydrogen-bond donors (Lipinski definition) is 1. The number of fused-ring (bicyclic) bond motifs is 1. The van der Waals surface area contributed by atoms with Gasteiger partial charge in [0.15, 0.2) is 5.69 Å². The summed E-state index contributed by atoms with van der Waals surface area (Å²) in [5, 5.41) is 9.22. The summed E-state index contributed by atoms with van der Waals surface area (Å²) >= 11 is 9.39. The van der Waals surface area contributed by atoms with E-state index in [1.54, 1.807) is 13.2 Å². The normalized spacial score (nSPS) is 11.3. The monoisotopic (exact) mass is 391 g/mol. The molecule has 0 aliphatic heterocycles. The number of carbonyl (C=O) groups excluding carboxylic acids is 1. The predicted molar refractivity (Wildman–Crippen MR) is 92.7 cm³/mol. The van der Waals surface area contributed by atoms with Gasteiger partial charge >= 0.3 is 0 Å². The van der Waals surface area contributed by atoms with Crippen LogP contribution in [0.15, 0.2) is 46.1 Å². The molecule has 0 saturated heterocycles. The highest BCUT2D eigenvalue weighted by atomic mass is 79.9. The molecule has 0 spiro atoms. The van der Waals surface area contributed by atoms with Crippen molar-refractivity contribution < 1.29 is 4.79 Å². The minimum absolute atomic E-state index is 0.257. The van der Waals surface area contributed by atoms with Crippen LogP contribution >= 0.6 is 27.5 Å². The molecule has 0 bridgehead atoms. The van der Waals surface area contributed by atoms with E-state index in [9.17, 15) is 4.79 Å². The molecule has 1 N–H and O–H groups in total. The molecule has 116 valence electrons. The molecule has 0 radical (unpaired) electrons. The van der Waals surface area contributed by atoms with Crippen LogP contribution in [0.25, 0.3) is 10.9 Å². The summed E-state index contributed by atoms with van der Waals surface area (Å²) in [5.74, 6) is -0.418. The Morgan fingerprint density at radius 3 is 2.96 bits per heavy atom. The average Bonchev–Trinajstić information content (AvgIpc) is 2.86. The number of halogens is 2. The van der Waals surface area contributed by atoms with Gasteiger partial charge in [-0.05, 0) is 28.1 Å². The summed E-state index contributed by atoms with van der Waals surface area (Å²) in [6.45, 7) is 0. The van der Waals surface area contributed by atoms with Gasteiger partial charge in [0.05, 0.1) is 16.2 Å². The lowest BCUT2D eigenvalue weighted by Gasteiger charge is -2.01. The van der Waals surface area contributed by atoms with E-state index in [-0.39, 0.29) is 5.69 Å². The fraction of sp³-hybridized carbons (Fsp3) is 0.0667. The van der Waals surface area contributed by atoms with Gasteiger partial charge < -0.3 is 0 Å². The van der Waals surface area contributed by atoms with Gasteiger partial charge in [-0.3, -0.25) is 9.48 Å². The minimum Gasteiger partial charge on any atom is -0.274 e. The zero-order valence-electron chi connectivity index (χ0n) is 12.0. The number of nitrogens with zero attached hydrogens (tertiary/aromatic N) is 4. The first-order chi connectivity index (χ1) is 11.0. The number of pyridine rings is 1. The Morgan fingerprint density at radius 1 is 1.43 bits per heavy atom. The fourth-order valence-electron chi connectivity index (χ4n) is 2.03. The van der Waals surface area contributed by atoms with E-state index in [1.165, 1.54) is 10.9 Å². The molecule has 23 heavy (non-hydrogen) atoms. The molecule has 2 aromatic heterocycles. The standard InChI is InChI=1S/C15H11BrClN5O/c1-22-8-11(16)13(21-22)15(23)20-18-7-10-6-9-4-2-3-5-12(9)19-14(10)17/h2-8H,1H3,(H,20,23)/b18-7-. The van der Waals surface area contributed by atoms with Crippen molar-refractivity contribution in [1.29, 1.82) is 0 Å². The lowest BCUT2D eigenvalue weighted by atomic mass is 10.2. The number of benzene rings is 1. The molecule has 0 atom stereocenters. The first-order valence-corrected chi connectivity index (χ1v) is 7.79. The first kappa shape index (κ1) is 15.6. The van der Waals surface area contributed by atoms with E-state index >= 15 is 0 Å². The van der Waals surface area contributed by atoms with E-state index in [4.69, 9.17) is 11.6 Å². The summed E-state index contributed by atoms with van der Waals surface area (Å²) in [4.78, 5) is 16.3. The molecule has 0 saturated carbocycles. The predicted octanol–water partition coefficient (Wildman–Crippen LogP) is 3.15. The van der Waals surface area contributed by atoms with Crippen LogP contribution in [-0.4, -0.2) is 26.9 Å². The second-order valence-corrected chi connectivity index (χ2v) is 5.97. The van der Waals surface area contributed by atoms with Gasteiger partial charge in [0.1, 0.15) is 5.15 Å². The maximum absolute atomic E-state index is 12.0. The van der Waals surface area contributed by atoms with Gasteiger partial charge in [-0.1, -0.05) is 29.8 Å². The van der Waals surface area contributed by atoms with Crippen LogP contribution in [0, 0.1) is 0 Å². The molecule has 0 unspecified atom stereocenters. The van der Waals surface area contributed by atoms with Crippen LogP contribution in [0.3, 0.4) is 0 Å². The van der Waals surface area contributed by atoms with Gasteiger partial charge in [-0.25, -0.2) is 10.4 Å². The largest absolute Gasteiger partial charge is 0.293 e. The molecule has 1 amide bonds. The molecule has 2 heterocycles. The summed E-state index contributed by atoms with van der Waals surface area (Å²) in [6, 6.07) is 9.47. The van der Waals surface area contributed by atoms with Crippen LogP contribution in [0.1, 0.15) is 16.1 Å². The first-order valence-electron chi connectivity index (χ1n) is 6.62. The molecular formula is C15H11BrClN5O. The van der Waals surface area contributed by atoms with Crippen LogP contribution in [0.2, 0.25) is 5.15 Å². The van der Waals surface area contributed by atoms with Crippen molar-refractivity contribution in [3.63, 3.8) is 0 Å². The number of nitrogens with one attached hydrogen (secondary N) is 1. The second kappa shape index (κ2) is 6.47. The van der Waals surface area contributed by atoms with E-state index in [0.29, 0.717) is 15.2 Å². The van der Waals surface area contributed by atoms with Crippen molar-refractivity contribution >= 4 is 50.6 Å². The Labute approximate surface area is 145 Å². The third-order valence-corrected chi connectivity index (χ3v) is 3.96. The molecule has 1 aromatic carbocycles. The topological polar surface area (TPSA) is 72.2 Å². The summed E-state index contributed by atoms with van der Waals surface area (Å²) in [7, 11) is 1.73. The Balaban J connectivity index is 1.79. The second-order valence-electron chi connectivity index (χ2n) is 4.76. The minimum atomic E-state index is -0.418. The van der Waals surface area contributed by atoms with Crippen LogP contribution in [0.4, 0.5) is 0 Å². The maximum Gasteiger partial charge on any atom is 0.293 e. The van der Waals surface area contributed by atoms with Gasteiger partial charge in [-0.2, -0.15) is 10.2 Å². The van der Waals surface area contributed by atoms with Crippen molar-refractivity contribution in [3.05, 3.63) is 57.4 Å². The molecule has 6 nitrogen and oxygen atoms in total. The fourth-order valence-corrected chi connectivity index (χ4v) is 2.78. The molecule has 8 heteroatoms. The Kier molecular flexibility index (Phi) is 4.40. The smallest absolute Gasteiger partial charge is 0.274 e. The molecule has 0 aliphatic carbocycles. The quantitative estimate of drug-likeness (QED) is 0.423. The highest BCUT2D eigenvalue weighted by Crippen LogP contribution is 2.19. The van der Waals surface area contributed by atoms with Crippen molar-refractivity contribution in [1.82, 2.24) is 20.2 Å². The summed E-state index contributed by atoms with van der Waals surface area (Å²) in [6.07, 6.45) is 3.14. The van der Waals surface area contributed by atoms with Gasteiger partial charge in [0.2, 0.25) is 0 Å². The van der Waals surface area contributed by atoms with Crippen LogP contribution in [0.5, 0.6) is 0 Å². The highest BCUT2D eigenvalue weighted by molar-refractivity contribution is 9.10. The SMILES string of the molecule is Cn1cc(Br)c(C(=O)N/N=C\c2cc3ccccc3nc2Cl)n1. The van der Waals surface area contributed by atoms with Gasteiger partial charge in [-0.15, -0.1) is 0 Å². The molecule has 0 fully saturated rings. The number of rotatable bonds is 3. The maximum atomic E-state index is 12.0. The number of aryl methyl sites for hydroxylation is 1. The third-order valence-electron chi connectivity index (χ3n) is 3.07. The Morgan fingerprint density at radius 2 is 2.22 bits per heavy atom. The van der Waals surface area contributed by atoms with E-state index in [2.05, 4.69) is 36.5 Å². The van der Waals surface area contributed by atoms with Gasteiger partial charge in [0, 0.05) is 24.2 Å². The number of hydrazone groups is 1. The van der Waals surface area contributed by atoms with E-state index in [1.807, 2.05) is 30.3 Å². The highest BCUT2D eigenvalue weighted by Gasteiger charge is 2.13. The number of amides is 1. The number of carbonyl (C=O) groups is 1. The zero-order chi connectivity index (χ0) is 16.4. The van der Waals surface area contributed by atoms with E-state index < -0.39 is 5.91 Å². The number of aromatic nitrogens is 3. The molecule has 0 aliphatic rings. The zero-order valence-corrected chi connectivity index (χ0v) is 14.3. The number of para-hydroxylation sites is 1. The van der Waals surface area contributed by atoms with Crippen molar-refractivity contribution in [2.75, 3.05) is 0 Å². The van der Waals surface area contributed by atoms with Crippen molar-refractivity contribution in [3.8, 4) is 0 Å². The third kappa shape index (κ3) is 3.40. The van der Waals surface area contributed by atoms with Crippen molar-refractivity contribution in [2.45, 2.75) is 0 Å². The Bertz CT molecular complexity index is 921.